The van der Waals surface area contributed by atoms with Gasteiger partial charge in [-0.2, -0.15) is 0 Å². The smallest absolute Gasteiger partial charge is 0.0705 e. The van der Waals surface area contributed by atoms with Gasteiger partial charge in [0.2, 0.25) is 0 Å². The first kappa shape index (κ1) is 8.53. The lowest BCUT2D eigenvalue weighted by molar-refractivity contribution is -0.0378. The molecule has 64 valence electrons. The molecule has 1 aliphatic heterocycles. The molecule has 0 aliphatic carbocycles. The minimum absolute atomic E-state index is 0.0974. The number of oxime groups is 1. The van der Waals surface area contributed by atoms with Gasteiger partial charge in [0, 0.05) is 12.8 Å². The molecule has 3 nitrogen and oxygen atoms in total. The summed E-state index contributed by atoms with van der Waals surface area (Å²) < 4.78 is 5.55. The molecule has 0 saturated carbocycles. The second-order valence-corrected chi connectivity index (χ2v) is 3.24. The van der Waals surface area contributed by atoms with Crippen molar-refractivity contribution in [3.63, 3.8) is 0 Å². The van der Waals surface area contributed by atoms with Gasteiger partial charge < -0.3 is 9.94 Å². The number of rotatable bonds is 1. The van der Waals surface area contributed by atoms with Crippen LogP contribution < -0.4 is 0 Å². The van der Waals surface area contributed by atoms with Crippen molar-refractivity contribution >= 4 is 5.71 Å². The van der Waals surface area contributed by atoms with Gasteiger partial charge in [-0.3, -0.25) is 0 Å². The quantitative estimate of drug-likeness (QED) is 0.465. The second kappa shape index (κ2) is 3.22. The number of ether oxygens (including phenoxy) is 1. The van der Waals surface area contributed by atoms with Crippen LogP contribution in [-0.2, 0) is 4.74 Å². The van der Waals surface area contributed by atoms with Crippen LogP contribution in [0.2, 0.25) is 0 Å². The Bertz CT molecular complexity index is 167. The van der Waals surface area contributed by atoms with Crippen molar-refractivity contribution in [2.75, 3.05) is 6.61 Å². The highest BCUT2D eigenvalue weighted by Crippen LogP contribution is 2.25. The maximum atomic E-state index is 8.55. The van der Waals surface area contributed by atoms with E-state index in [1.165, 1.54) is 0 Å². The van der Waals surface area contributed by atoms with Crippen molar-refractivity contribution in [3.8, 4) is 0 Å². The maximum Gasteiger partial charge on any atom is 0.0705 e. The van der Waals surface area contributed by atoms with Crippen LogP contribution in [0, 0.1) is 0 Å². The Hall–Kier alpha value is -0.570. The fourth-order valence-corrected chi connectivity index (χ4v) is 1.30. The molecule has 0 radical (unpaired) electrons. The van der Waals surface area contributed by atoms with Gasteiger partial charge in [-0.25, -0.2) is 0 Å². The summed E-state index contributed by atoms with van der Waals surface area (Å²) in [6, 6.07) is 0. The zero-order chi connectivity index (χ0) is 8.32. The predicted molar refractivity (Wildman–Crippen MR) is 43.1 cm³/mol. The van der Waals surface area contributed by atoms with Crippen LogP contribution in [0.3, 0.4) is 0 Å². The Labute approximate surface area is 67.0 Å². The molecule has 1 unspecified atom stereocenters. The highest BCUT2D eigenvalue weighted by Gasteiger charge is 2.29. The van der Waals surface area contributed by atoms with Crippen LogP contribution in [-0.4, -0.2) is 23.1 Å². The first-order chi connectivity index (χ1) is 5.20. The largest absolute Gasteiger partial charge is 0.411 e. The van der Waals surface area contributed by atoms with Crippen LogP contribution in [0.1, 0.15) is 33.1 Å². The highest BCUT2D eigenvalue weighted by atomic mass is 16.5. The lowest BCUT2D eigenvalue weighted by atomic mass is 9.92. The number of nitrogens with zero attached hydrogens (tertiary/aromatic N) is 1. The first-order valence-electron chi connectivity index (χ1n) is 4.04. The standard InChI is InChI=1S/C8H15NO2/c1-3-8(2)6-7(9-10)4-5-11-8/h10H,3-6H2,1-2H3. The monoisotopic (exact) mass is 157 g/mol. The summed E-state index contributed by atoms with van der Waals surface area (Å²) in [7, 11) is 0. The van der Waals surface area contributed by atoms with Gasteiger partial charge in [0.15, 0.2) is 0 Å². The average molecular weight is 157 g/mol. The molecule has 0 aromatic rings. The van der Waals surface area contributed by atoms with Crippen LogP contribution in [0.5, 0.6) is 0 Å². The molecule has 1 heterocycles. The van der Waals surface area contributed by atoms with Crippen molar-refractivity contribution in [2.24, 2.45) is 5.16 Å². The molecule has 0 bridgehead atoms. The third kappa shape index (κ3) is 1.93. The summed E-state index contributed by atoms with van der Waals surface area (Å²) in [5.41, 5.74) is 0.764. The van der Waals surface area contributed by atoms with E-state index in [1.807, 2.05) is 0 Å². The second-order valence-electron chi connectivity index (χ2n) is 3.24. The summed E-state index contributed by atoms with van der Waals surface area (Å²) >= 11 is 0. The van der Waals surface area contributed by atoms with E-state index >= 15 is 0 Å². The molecule has 0 aromatic carbocycles. The molecule has 11 heavy (non-hydrogen) atoms. The third-order valence-corrected chi connectivity index (χ3v) is 2.31. The topological polar surface area (TPSA) is 41.8 Å². The van der Waals surface area contributed by atoms with Gasteiger partial charge in [-0.1, -0.05) is 12.1 Å². The summed E-state index contributed by atoms with van der Waals surface area (Å²) in [5, 5.41) is 11.8. The molecule has 0 spiro atoms. The molecule has 3 heteroatoms. The fraction of sp³-hybridized carbons (Fsp3) is 0.875. The van der Waals surface area contributed by atoms with Crippen LogP contribution in [0.25, 0.3) is 0 Å². The Morgan fingerprint density at radius 3 is 3.00 bits per heavy atom. The third-order valence-electron chi connectivity index (χ3n) is 2.31. The van der Waals surface area contributed by atoms with Gasteiger partial charge >= 0.3 is 0 Å². The summed E-state index contributed by atoms with van der Waals surface area (Å²) in [5.74, 6) is 0. The first-order valence-corrected chi connectivity index (χ1v) is 4.04. The Balaban J connectivity index is 2.59. The van der Waals surface area contributed by atoms with Crippen LogP contribution in [0.15, 0.2) is 5.16 Å². The van der Waals surface area contributed by atoms with E-state index in [2.05, 4.69) is 19.0 Å². The van der Waals surface area contributed by atoms with Crippen molar-refractivity contribution in [2.45, 2.75) is 38.7 Å². The maximum absolute atomic E-state index is 8.55. The van der Waals surface area contributed by atoms with Gasteiger partial charge in [0.05, 0.1) is 17.9 Å². The zero-order valence-corrected chi connectivity index (χ0v) is 7.13. The minimum Gasteiger partial charge on any atom is -0.411 e. The molecule has 0 amide bonds. The molecule has 0 aromatic heterocycles. The highest BCUT2D eigenvalue weighted by molar-refractivity contribution is 5.85. The van der Waals surface area contributed by atoms with E-state index in [4.69, 9.17) is 9.94 Å². The molecule has 1 fully saturated rings. The van der Waals surface area contributed by atoms with E-state index in [0.717, 1.165) is 25.0 Å². The van der Waals surface area contributed by atoms with Crippen molar-refractivity contribution in [1.82, 2.24) is 0 Å². The molecule has 1 aliphatic rings. The number of hydrogen-bond acceptors (Lipinski definition) is 3. The van der Waals surface area contributed by atoms with Crippen LogP contribution in [0.4, 0.5) is 0 Å². The molecular formula is C8H15NO2. The predicted octanol–water partition coefficient (Wildman–Crippen LogP) is 1.80. The van der Waals surface area contributed by atoms with E-state index in [1.54, 1.807) is 0 Å². The van der Waals surface area contributed by atoms with Gasteiger partial charge in [0.1, 0.15) is 0 Å². The number of hydrogen-bond donors (Lipinski definition) is 1. The lowest BCUT2D eigenvalue weighted by Gasteiger charge is -2.32. The molecule has 1 N–H and O–H groups in total. The molecule has 1 saturated heterocycles. The van der Waals surface area contributed by atoms with Gasteiger partial charge in [-0.05, 0) is 13.3 Å². The van der Waals surface area contributed by atoms with Crippen molar-refractivity contribution in [1.29, 1.82) is 0 Å². The van der Waals surface area contributed by atoms with E-state index in [9.17, 15) is 0 Å². The van der Waals surface area contributed by atoms with E-state index in [-0.39, 0.29) is 5.60 Å². The van der Waals surface area contributed by atoms with Gasteiger partial charge in [0.25, 0.3) is 0 Å². The van der Waals surface area contributed by atoms with E-state index < -0.39 is 0 Å². The van der Waals surface area contributed by atoms with Crippen molar-refractivity contribution in [3.05, 3.63) is 0 Å². The molecule has 1 atom stereocenters. The molecular weight excluding hydrogens is 142 g/mol. The van der Waals surface area contributed by atoms with E-state index in [0.29, 0.717) is 6.61 Å². The SMILES string of the molecule is CCC1(C)CC(=NO)CCO1. The van der Waals surface area contributed by atoms with Gasteiger partial charge in [-0.15, -0.1) is 0 Å². The zero-order valence-electron chi connectivity index (χ0n) is 7.13. The summed E-state index contributed by atoms with van der Waals surface area (Å²) in [4.78, 5) is 0. The fourth-order valence-electron chi connectivity index (χ4n) is 1.30. The minimum atomic E-state index is -0.0974. The van der Waals surface area contributed by atoms with Crippen LogP contribution >= 0.6 is 0 Å². The van der Waals surface area contributed by atoms with Crippen molar-refractivity contribution < 1.29 is 9.94 Å². The Kier molecular flexibility index (Phi) is 2.49. The summed E-state index contributed by atoms with van der Waals surface area (Å²) in [6.45, 7) is 4.82. The Morgan fingerprint density at radius 1 is 1.73 bits per heavy atom. The normalized spacial score (nSPS) is 36.0. The average Bonchev–Trinajstić information content (AvgIpc) is 2.05. The lowest BCUT2D eigenvalue weighted by Crippen LogP contribution is -2.36. The summed E-state index contributed by atoms with van der Waals surface area (Å²) in [6.07, 6.45) is 2.50. The Morgan fingerprint density at radius 2 is 2.45 bits per heavy atom. The molecule has 1 rings (SSSR count).